The summed E-state index contributed by atoms with van der Waals surface area (Å²) >= 11 is 0. The Kier molecular flexibility index (Phi) is 5.71. The van der Waals surface area contributed by atoms with Gasteiger partial charge in [-0.25, -0.2) is 4.79 Å². The Morgan fingerprint density at radius 3 is 2.27 bits per heavy atom. The van der Waals surface area contributed by atoms with Crippen LogP contribution in [0.4, 0.5) is 0 Å². The second-order valence-electron chi connectivity index (χ2n) is 3.09. The number of hydrogen-bond donors (Lipinski definition) is 0. The summed E-state index contributed by atoms with van der Waals surface area (Å²) in [5.41, 5.74) is 0. The van der Waals surface area contributed by atoms with Gasteiger partial charge in [-0.2, -0.15) is 0 Å². The summed E-state index contributed by atoms with van der Waals surface area (Å²) < 4.78 is 5.38. The van der Waals surface area contributed by atoms with E-state index >= 15 is 0 Å². The van der Waals surface area contributed by atoms with E-state index in [1.165, 1.54) is 0 Å². The van der Waals surface area contributed by atoms with Crippen molar-refractivity contribution in [3.63, 3.8) is 0 Å². The van der Waals surface area contributed by atoms with Gasteiger partial charge in [0.2, 0.25) is 6.73 Å². The van der Waals surface area contributed by atoms with Gasteiger partial charge >= 0.3 is 5.97 Å². The van der Waals surface area contributed by atoms with Crippen LogP contribution in [0.1, 0.15) is 7.43 Å². The number of esters is 1. The number of carbonyl (C=O) groups is 1. The van der Waals surface area contributed by atoms with Crippen molar-refractivity contribution in [2.24, 2.45) is 0 Å². The predicted octanol–water partition coefficient (Wildman–Crippen LogP) is 1.02. The third kappa shape index (κ3) is 9.17. The van der Waals surface area contributed by atoms with Gasteiger partial charge in [-0.05, 0) is 0 Å². The lowest BCUT2D eigenvalue weighted by Crippen LogP contribution is -2.37. The highest BCUT2D eigenvalue weighted by atomic mass is 16.5. The first-order valence-electron chi connectivity index (χ1n) is 3.05. The minimum atomic E-state index is -0.368. The number of ether oxygens (including phenoxy) is 1. The summed E-state index contributed by atoms with van der Waals surface area (Å²) in [6.07, 6.45) is 1.16. The molecule has 0 aromatic heterocycles. The van der Waals surface area contributed by atoms with Gasteiger partial charge in [0.05, 0.1) is 21.1 Å². The SMILES string of the molecule is C.C=CC(=O)OC[N+](C)(C)C. The molecule has 0 aliphatic carbocycles. The van der Waals surface area contributed by atoms with Gasteiger partial charge in [0.25, 0.3) is 0 Å². The van der Waals surface area contributed by atoms with Crippen molar-refractivity contribution in [1.82, 2.24) is 0 Å². The molecular weight excluding hydrogens is 142 g/mol. The minimum absolute atomic E-state index is 0. The maximum absolute atomic E-state index is 10.5. The van der Waals surface area contributed by atoms with Crippen molar-refractivity contribution in [2.45, 2.75) is 7.43 Å². The zero-order valence-electron chi connectivity index (χ0n) is 6.76. The zero-order chi connectivity index (χ0) is 8.20. The molecule has 0 aromatic rings. The average molecular weight is 160 g/mol. The van der Waals surface area contributed by atoms with Crippen LogP contribution in [0.3, 0.4) is 0 Å². The van der Waals surface area contributed by atoms with Gasteiger partial charge in [-0.1, -0.05) is 14.0 Å². The van der Waals surface area contributed by atoms with Crippen molar-refractivity contribution in [3.8, 4) is 0 Å². The van der Waals surface area contributed by atoms with Gasteiger partial charge < -0.3 is 4.74 Å². The molecule has 0 aliphatic heterocycles. The fraction of sp³-hybridized carbons (Fsp3) is 0.625. The van der Waals surface area contributed by atoms with Crippen LogP contribution in [0.2, 0.25) is 0 Å². The normalized spacial score (nSPS) is 9.73. The van der Waals surface area contributed by atoms with Crippen molar-refractivity contribution >= 4 is 5.97 Å². The Hall–Kier alpha value is -0.830. The van der Waals surface area contributed by atoms with Crippen LogP contribution in [-0.2, 0) is 9.53 Å². The Bertz CT molecular complexity index is 136. The summed E-state index contributed by atoms with van der Waals surface area (Å²) in [6, 6.07) is 0. The first kappa shape index (κ1) is 12.8. The Morgan fingerprint density at radius 2 is 2.00 bits per heavy atom. The van der Waals surface area contributed by atoms with Crippen LogP contribution in [-0.4, -0.2) is 38.3 Å². The van der Waals surface area contributed by atoms with E-state index in [-0.39, 0.29) is 13.4 Å². The fourth-order valence-corrected chi connectivity index (χ4v) is 0.316. The minimum Gasteiger partial charge on any atom is -0.412 e. The molecule has 3 nitrogen and oxygen atoms in total. The van der Waals surface area contributed by atoms with E-state index in [1.807, 2.05) is 21.1 Å². The molecule has 11 heavy (non-hydrogen) atoms. The molecule has 0 rings (SSSR count). The molecule has 0 N–H and O–H groups in total. The molecule has 0 radical (unpaired) electrons. The molecule has 0 amide bonds. The number of nitrogens with zero attached hydrogens (tertiary/aromatic N) is 1. The number of carbonyl (C=O) groups excluding carboxylic acids is 1. The van der Waals surface area contributed by atoms with Crippen LogP contribution in [0.15, 0.2) is 12.7 Å². The Morgan fingerprint density at radius 1 is 1.55 bits per heavy atom. The van der Waals surface area contributed by atoms with Gasteiger partial charge in [-0.3, -0.25) is 4.48 Å². The van der Waals surface area contributed by atoms with Crippen LogP contribution in [0.5, 0.6) is 0 Å². The topological polar surface area (TPSA) is 26.3 Å². The molecule has 0 saturated carbocycles. The summed E-state index contributed by atoms with van der Waals surface area (Å²) in [4.78, 5) is 10.5. The summed E-state index contributed by atoms with van der Waals surface area (Å²) in [7, 11) is 5.82. The molecule has 0 saturated heterocycles. The van der Waals surface area contributed by atoms with E-state index in [4.69, 9.17) is 4.74 Å². The van der Waals surface area contributed by atoms with Crippen molar-refractivity contribution < 1.29 is 14.0 Å². The molecule has 0 unspecified atom stereocenters. The predicted molar refractivity (Wildman–Crippen MR) is 45.9 cm³/mol. The molecule has 3 heteroatoms. The maximum Gasteiger partial charge on any atom is 0.334 e. The molecule has 0 atom stereocenters. The highest BCUT2D eigenvalue weighted by Crippen LogP contribution is 1.90. The largest absolute Gasteiger partial charge is 0.412 e. The quantitative estimate of drug-likeness (QED) is 0.266. The van der Waals surface area contributed by atoms with Gasteiger partial charge in [0.15, 0.2) is 0 Å². The molecule has 0 bridgehead atoms. The van der Waals surface area contributed by atoms with Gasteiger partial charge in [-0.15, -0.1) is 0 Å². The van der Waals surface area contributed by atoms with E-state index < -0.39 is 0 Å². The molecular formula is C8H18NO2+. The first-order valence-corrected chi connectivity index (χ1v) is 3.05. The second-order valence-corrected chi connectivity index (χ2v) is 3.09. The lowest BCUT2D eigenvalue weighted by Gasteiger charge is -2.22. The second kappa shape index (κ2) is 4.91. The van der Waals surface area contributed by atoms with Crippen molar-refractivity contribution in [1.29, 1.82) is 0 Å². The lowest BCUT2D eigenvalue weighted by molar-refractivity contribution is -0.888. The summed E-state index contributed by atoms with van der Waals surface area (Å²) in [5, 5.41) is 0. The van der Waals surface area contributed by atoms with Crippen molar-refractivity contribution in [2.75, 3.05) is 27.9 Å². The van der Waals surface area contributed by atoms with Gasteiger partial charge in [0, 0.05) is 6.08 Å². The fourth-order valence-electron chi connectivity index (χ4n) is 0.316. The molecule has 0 aliphatic rings. The van der Waals surface area contributed by atoms with Crippen LogP contribution >= 0.6 is 0 Å². The number of hydrogen-bond acceptors (Lipinski definition) is 2. The molecule has 0 spiro atoms. The molecule has 0 heterocycles. The van der Waals surface area contributed by atoms with E-state index in [0.717, 1.165) is 6.08 Å². The van der Waals surface area contributed by atoms with Crippen molar-refractivity contribution in [3.05, 3.63) is 12.7 Å². The van der Waals surface area contributed by atoms with E-state index in [0.29, 0.717) is 11.2 Å². The zero-order valence-corrected chi connectivity index (χ0v) is 6.76. The van der Waals surface area contributed by atoms with E-state index in [1.54, 1.807) is 0 Å². The standard InChI is InChI=1S/C7H14NO2.CH4/c1-5-7(9)10-6-8(2,3)4;/h5H,1,6H2,2-4H3;1H4/q+1;. The van der Waals surface area contributed by atoms with Crippen LogP contribution < -0.4 is 0 Å². The molecule has 0 fully saturated rings. The van der Waals surface area contributed by atoms with E-state index in [2.05, 4.69) is 6.58 Å². The highest BCUT2D eigenvalue weighted by molar-refractivity contribution is 5.81. The van der Waals surface area contributed by atoms with E-state index in [9.17, 15) is 4.79 Å². The van der Waals surface area contributed by atoms with Crippen LogP contribution in [0.25, 0.3) is 0 Å². The number of quaternary nitrogens is 1. The summed E-state index contributed by atoms with van der Waals surface area (Å²) in [5.74, 6) is -0.368. The summed E-state index contributed by atoms with van der Waals surface area (Å²) in [6.45, 7) is 3.66. The smallest absolute Gasteiger partial charge is 0.334 e. The third-order valence-corrected chi connectivity index (χ3v) is 0.761. The Balaban J connectivity index is 0. The number of rotatable bonds is 3. The third-order valence-electron chi connectivity index (χ3n) is 0.761. The van der Waals surface area contributed by atoms with Gasteiger partial charge in [0.1, 0.15) is 0 Å². The average Bonchev–Trinajstić information content (AvgIpc) is 1.81. The monoisotopic (exact) mass is 160 g/mol. The highest BCUT2D eigenvalue weighted by Gasteiger charge is 2.07. The maximum atomic E-state index is 10.5. The Labute approximate surface area is 68.9 Å². The first-order chi connectivity index (χ1) is 4.45. The molecule has 66 valence electrons. The lowest BCUT2D eigenvalue weighted by atomic mass is 10.6. The molecule has 0 aromatic carbocycles. The van der Waals surface area contributed by atoms with Crippen LogP contribution in [0, 0.1) is 0 Å².